The zero-order chi connectivity index (χ0) is 18.7. The summed E-state index contributed by atoms with van der Waals surface area (Å²) in [6.45, 7) is 4.30. The molecule has 2 heterocycles. The molecular formula is C21H26N2O3. The molecule has 2 aromatic rings. The molecule has 1 aliphatic heterocycles. The van der Waals surface area contributed by atoms with Gasteiger partial charge in [0.2, 0.25) is 0 Å². The summed E-state index contributed by atoms with van der Waals surface area (Å²) < 4.78 is 0. The monoisotopic (exact) mass is 354 g/mol. The first-order valence-corrected chi connectivity index (χ1v) is 9.25. The highest BCUT2D eigenvalue weighted by Gasteiger charge is 2.29. The standard InChI is InChI=1S/C21H26N2O3/c1-14-12-19(25)20(15(2)22-14)21(26)23-11-4-3-7-17(23)10-9-16-6-5-8-18(24)13-16/h5-6,8,12-13,17,24H,3-4,7,9-11H2,1-2H3,(H,22,25)/t17-/m0/s1. The van der Waals surface area contributed by atoms with E-state index in [4.69, 9.17) is 0 Å². The third-order valence-electron chi connectivity index (χ3n) is 5.13. The second kappa shape index (κ2) is 7.77. The summed E-state index contributed by atoms with van der Waals surface area (Å²) >= 11 is 0. The van der Waals surface area contributed by atoms with E-state index in [1.54, 1.807) is 19.1 Å². The Labute approximate surface area is 153 Å². The zero-order valence-electron chi connectivity index (χ0n) is 15.4. The van der Waals surface area contributed by atoms with Crippen molar-refractivity contribution in [3.05, 3.63) is 63.1 Å². The molecule has 1 fully saturated rings. The van der Waals surface area contributed by atoms with Crippen molar-refractivity contribution in [1.29, 1.82) is 0 Å². The molecule has 5 heteroatoms. The number of aromatic hydroxyl groups is 1. The van der Waals surface area contributed by atoms with Crippen LogP contribution in [0.25, 0.3) is 0 Å². The molecule has 5 nitrogen and oxygen atoms in total. The van der Waals surface area contributed by atoms with Crippen molar-refractivity contribution >= 4 is 5.91 Å². The van der Waals surface area contributed by atoms with E-state index in [-0.39, 0.29) is 28.7 Å². The van der Waals surface area contributed by atoms with Crippen molar-refractivity contribution in [2.75, 3.05) is 6.54 Å². The van der Waals surface area contributed by atoms with Crippen LogP contribution in [0.1, 0.15) is 53.0 Å². The molecule has 3 rings (SSSR count). The van der Waals surface area contributed by atoms with Gasteiger partial charge in [-0.3, -0.25) is 9.59 Å². The van der Waals surface area contributed by atoms with Crippen LogP contribution in [0.5, 0.6) is 5.75 Å². The number of hydrogen-bond acceptors (Lipinski definition) is 3. The normalized spacial score (nSPS) is 17.3. The van der Waals surface area contributed by atoms with E-state index in [0.717, 1.165) is 43.4 Å². The Morgan fingerprint density at radius 1 is 1.27 bits per heavy atom. The number of carbonyl (C=O) groups excluding carboxylic acids is 1. The number of pyridine rings is 1. The van der Waals surface area contributed by atoms with Gasteiger partial charge in [-0.1, -0.05) is 12.1 Å². The topological polar surface area (TPSA) is 73.4 Å². The lowest BCUT2D eigenvalue weighted by Crippen LogP contribution is -2.45. The fourth-order valence-electron chi connectivity index (χ4n) is 3.87. The molecule has 0 radical (unpaired) electrons. The van der Waals surface area contributed by atoms with Crippen LogP contribution in [-0.2, 0) is 6.42 Å². The van der Waals surface area contributed by atoms with Crippen molar-refractivity contribution < 1.29 is 9.90 Å². The molecule has 1 atom stereocenters. The van der Waals surface area contributed by atoms with Crippen LogP contribution < -0.4 is 5.43 Å². The van der Waals surface area contributed by atoms with Gasteiger partial charge in [0.25, 0.3) is 5.91 Å². The molecule has 1 aromatic heterocycles. The fourth-order valence-corrected chi connectivity index (χ4v) is 3.87. The van der Waals surface area contributed by atoms with Crippen molar-refractivity contribution in [3.63, 3.8) is 0 Å². The third-order valence-corrected chi connectivity index (χ3v) is 5.13. The first kappa shape index (κ1) is 18.2. The molecule has 138 valence electrons. The minimum absolute atomic E-state index is 0.124. The van der Waals surface area contributed by atoms with Gasteiger partial charge in [0.1, 0.15) is 11.3 Å². The Morgan fingerprint density at radius 2 is 2.08 bits per heavy atom. The predicted molar refractivity (Wildman–Crippen MR) is 102 cm³/mol. The Bertz CT molecular complexity index is 857. The second-order valence-electron chi connectivity index (χ2n) is 7.17. The number of rotatable bonds is 4. The highest BCUT2D eigenvalue weighted by molar-refractivity contribution is 5.95. The number of aromatic nitrogens is 1. The number of hydrogen-bond donors (Lipinski definition) is 2. The SMILES string of the molecule is Cc1cc(=O)c(C(=O)N2CCCC[C@H]2CCc2cccc(O)c2)c(C)[nH]1. The predicted octanol–water partition coefficient (Wildman–Crippen LogP) is 3.32. The number of phenols is 1. The molecule has 2 N–H and O–H groups in total. The number of aromatic amines is 1. The van der Waals surface area contributed by atoms with Crippen molar-refractivity contribution in [1.82, 2.24) is 9.88 Å². The van der Waals surface area contributed by atoms with Crippen LogP contribution in [0.15, 0.2) is 35.1 Å². The van der Waals surface area contributed by atoms with Crippen molar-refractivity contribution in [3.8, 4) is 5.75 Å². The minimum Gasteiger partial charge on any atom is -0.508 e. The molecule has 26 heavy (non-hydrogen) atoms. The number of H-pyrrole nitrogens is 1. The van der Waals surface area contributed by atoms with Crippen molar-refractivity contribution in [2.45, 2.75) is 52.0 Å². The maximum absolute atomic E-state index is 13.1. The van der Waals surface area contributed by atoms with Gasteiger partial charge in [0.15, 0.2) is 5.43 Å². The second-order valence-corrected chi connectivity index (χ2v) is 7.17. The van der Waals surface area contributed by atoms with Gasteiger partial charge in [-0.15, -0.1) is 0 Å². The number of nitrogens with one attached hydrogen (secondary N) is 1. The van der Waals surface area contributed by atoms with E-state index in [0.29, 0.717) is 12.2 Å². The number of carbonyl (C=O) groups is 1. The maximum atomic E-state index is 13.1. The van der Waals surface area contributed by atoms with Crippen LogP contribution in [-0.4, -0.2) is 33.5 Å². The van der Waals surface area contributed by atoms with Crippen LogP contribution in [0.4, 0.5) is 0 Å². The van der Waals surface area contributed by atoms with E-state index in [9.17, 15) is 14.7 Å². The molecule has 0 unspecified atom stereocenters. The number of piperidine rings is 1. The summed E-state index contributed by atoms with van der Waals surface area (Å²) in [7, 11) is 0. The fraction of sp³-hybridized carbons (Fsp3) is 0.429. The highest BCUT2D eigenvalue weighted by Crippen LogP contribution is 2.24. The summed E-state index contributed by atoms with van der Waals surface area (Å²) in [5, 5.41) is 9.62. The highest BCUT2D eigenvalue weighted by atomic mass is 16.3. The molecule has 1 aliphatic rings. The number of nitrogens with zero attached hydrogens (tertiary/aromatic N) is 1. The lowest BCUT2D eigenvalue weighted by atomic mass is 9.94. The average Bonchev–Trinajstić information content (AvgIpc) is 2.59. The first-order valence-electron chi connectivity index (χ1n) is 9.25. The van der Waals surface area contributed by atoms with Gasteiger partial charge < -0.3 is 15.0 Å². The van der Waals surface area contributed by atoms with Gasteiger partial charge in [-0.25, -0.2) is 0 Å². The Hall–Kier alpha value is -2.56. The summed E-state index contributed by atoms with van der Waals surface area (Å²) in [5.41, 5.74) is 2.52. The summed E-state index contributed by atoms with van der Waals surface area (Å²) in [6.07, 6.45) is 4.65. The molecule has 0 spiro atoms. The van der Waals surface area contributed by atoms with E-state index < -0.39 is 0 Å². The number of likely N-dealkylation sites (tertiary alicyclic amines) is 1. The maximum Gasteiger partial charge on any atom is 0.259 e. The Kier molecular flexibility index (Phi) is 5.45. The number of benzene rings is 1. The lowest BCUT2D eigenvalue weighted by molar-refractivity contribution is 0.0599. The molecular weight excluding hydrogens is 328 g/mol. The molecule has 0 saturated carbocycles. The largest absolute Gasteiger partial charge is 0.508 e. The van der Waals surface area contributed by atoms with Crippen LogP contribution in [0.2, 0.25) is 0 Å². The number of phenolic OH excluding ortho intramolecular Hbond substituents is 1. The van der Waals surface area contributed by atoms with E-state index >= 15 is 0 Å². The smallest absolute Gasteiger partial charge is 0.259 e. The van der Waals surface area contributed by atoms with E-state index in [1.807, 2.05) is 24.0 Å². The number of aryl methyl sites for hydroxylation is 3. The molecule has 0 bridgehead atoms. The van der Waals surface area contributed by atoms with Crippen LogP contribution in [0, 0.1) is 13.8 Å². The van der Waals surface area contributed by atoms with E-state index in [2.05, 4.69) is 4.98 Å². The van der Waals surface area contributed by atoms with Crippen LogP contribution in [0.3, 0.4) is 0 Å². The lowest BCUT2D eigenvalue weighted by Gasteiger charge is -2.36. The van der Waals surface area contributed by atoms with Crippen LogP contribution >= 0.6 is 0 Å². The quantitative estimate of drug-likeness (QED) is 0.884. The summed E-state index contributed by atoms with van der Waals surface area (Å²) in [4.78, 5) is 30.4. The van der Waals surface area contributed by atoms with Gasteiger partial charge in [-0.2, -0.15) is 0 Å². The third kappa shape index (κ3) is 3.98. The van der Waals surface area contributed by atoms with Gasteiger partial charge >= 0.3 is 0 Å². The van der Waals surface area contributed by atoms with E-state index in [1.165, 1.54) is 6.07 Å². The van der Waals surface area contributed by atoms with Gasteiger partial charge in [0.05, 0.1) is 0 Å². The summed E-state index contributed by atoms with van der Waals surface area (Å²) in [5.74, 6) is 0.102. The number of amides is 1. The average molecular weight is 354 g/mol. The summed E-state index contributed by atoms with van der Waals surface area (Å²) in [6, 6.07) is 8.87. The Balaban J connectivity index is 1.78. The van der Waals surface area contributed by atoms with Gasteiger partial charge in [0, 0.05) is 30.0 Å². The van der Waals surface area contributed by atoms with Crippen molar-refractivity contribution in [2.24, 2.45) is 0 Å². The Morgan fingerprint density at radius 3 is 2.81 bits per heavy atom. The van der Waals surface area contributed by atoms with Gasteiger partial charge in [-0.05, 0) is 63.6 Å². The molecule has 1 saturated heterocycles. The zero-order valence-corrected chi connectivity index (χ0v) is 15.4. The molecule has 0 aliphatic carbocycles. The molecule has 1 amide bonds. The minimum atomic E-state index is -0.207. The first-order chi connectivity index (χ1) is 12.5. The molecule has 1 aromatic carbocycles.